The van der Waals surface area contributed by atoms with Crippen LogP contribution in [-0.2, 0) is 6.54 Å². The van der Waals surface area contributed by atoms with Crippen molar-refractivity contribution < 1.29 is 9.90 Å². The summed E-state index contributed by atoms with van der Waals surface area (Å²) in [5.41, 5.74) is 3.24. The zero-order valence-electron chi connectivity index (χ0n) is 17.4. The standard InChI is InChI=1S/C24H22ClN5O2/c25-22-18(2-1-10-27-22)23(31)29-14-8-24(32,9-15-29)16-30-13-7-20-21(30)4-3-19(28-20)17-5-11-26-12-6-17/h1-7,10-13,32H,8-9,14-16H2. The Labute approximate surface area is 190 Å². The molecule has 5 rings (SSSR count). The van der Waals surface area contributed by atoms with Crippen LogP contribution in [-0.4, -0.2) is 54.1 Å². The molecule has 1 amide bonds. The largest absolute Gasteiger partial charge is 0.388 e. The first kappa shape index (κ1) is 20.6. The maximum Gasteiger partial charge on any atom is 0.256 e. The van der Waals surface area contributed by atoms with Crippen molar-refractivity contribution in [3.05, 3.63) is 78.0 Å². The van der Waals surface area contributed by atoms with Gasteiger partial charge in [0.1, 0.15) is 5.15 Å². The van der Waals surface area contributed by atoms with E-state index in [1.54, 1.807) is 35.6 Å². The third kappa shape index (κ3) is 3.97. The Bertz CT molecular complexity index is 1270. The lowest BCUT2D eigenvalue weighted by Crippen LogP contribution is -2.48. The van der Waals surface area contributed by atoms with Crippen molar-refractivity contribution in [1.29, 1.82) is 0 Å². The second-order valence-corrected chi connectivity index (χ2v) is 8.50. The van der Waals surface area contributed by atoms with E-state index in [0.717, 1.165) is 22.3 Å². The van der Waals surface area contributed by atoms with Crippen molar-refractivity contribution >= 4 is 28.5 Å². The van der Waals surface area contributed by atoms with Crippen molar-refractivity contribution in [3.8, 4) is 11.3 Å². The van der Waals surface area contributed by atoms with E-state index in [-0.39, 0.29) is 11.1 Å². The molecule has 0 aliphatic carbocycles. The Balaban J connectivity index is 1.29. The first-order chi connectivity index (χ1) is 15.5. The van der Waals surface area contributed by atoms with Gasteiger partial charge in [0, 0.05) is 43.4 Å². The topological polar surface area (TPSA) is 84.1 Å². The molecule has 0 unspecified atom stereocenters. The molecule has 1 fully saturated rings. The number of pyridine rings is 3. The van der Waals surface area contributed by atoms with Crippen LogP contribution in [0.1, 0.15) is 23.2 Å². The van der Waals surface area contributed by atoms with E-state index in [1.807, 2.05) is 41.1 Å². The minimum atomic E-state index is -0.898. The molecule has 0 radical (unpaired) electrons. The van der Waals surface area contributed by atoms with Crippen molar-refractivity contribution in [3.63, 3.8) is 0 Å². The van der Waals surface area contributed by atoms with Gasteiger partial charge >= 0.3 is 0 Å². The summed E-state index contributed by atoms with van der Waals surface area (Å²) in [6.07, 6.45) is 7.99. The molecule has 8 heteroatoms. The Morgan fingerprint density at radius 2 is 1.84 bits per heavy atom. The predicted octanol–water partition coefficient (Wildman–Crippen LogP) is 3.81. The minimum absolute atomic E-state index is 0.149. The van der Waals surface area contributed by atoms with Gasteiger partial charge in [-0.25, -0.2) is 9.97 Å². The quantitative estimate of drug-likeness (QED) is 0.481. The molecule has 7 nitrogen and oxygen atoms in total. The fourth-order valence-corrected chi connectivity index (χ4v) is 4.41. The van der Waals surface area contributed by atoms with E-state index in [2.05, 4.69) is 9.97 Å². The number of rotatable bonds is 4. The summed E-state index contributed by atoms with van der Waals surface area (Å²) in [6, 6.07) is 13.2. The number of fused-ring (bicyclic) bond motifs is 1. The van der Waals surface area contributed by atoms with Crippen LogP contribution in [0, 0.1) is 0 Å². The van der Waals surface area contributed by atoms with E-state index < -0.39 is 5.60 Å². The molecule has 1 saturated heterocycles. The molecular weight excluding hydrogens is 426 g/mol. The molecule has 0 atom stereocenters. The fourth-order valence-electron chi connectivity index (χ4n) is 4.21. The Morgan fingerprint density at radius 3 is 2.59 bits per heavy atom. The van der Waals surface area contributed by atoms with E-state index in [1.165, 1.54) is 0 Å². The number of aliphatic hydroxyl groups is 1. The molecule has 1 N–H and O–H groups in total. The van der Waals surface area contributed by atoms with Gasteiger partial charge in [0.25, 0.3) is 5.91 Å². The van der Waals surface area contributed by atoms with Gasteiger partial charge in [-0.1, -0.05) is 11.6 Å². The number of aromatic nitrogens is 4. The molecule has 32 heavy (non-hydrogen) atoms. The lowest BCUT2D eigenvalue weighted by molar-refractivity contribution is -0.0283. The summed E-state index contributed by atoms with van der Waals surface area (Å²) in [7, 11) is 0. The number of halogens is 1. The summed E-state index contributed by atoms with van der Waals surface area (Å²) >= 11 is 6.07. The van der Waals surface area contributed by atoms with E-state index in [4.69, 9.17) is 16.6 Å². The minimum Gasteiger partial charge on any atom is -0.388 e. The molecule has 0 bridgehead atoms. The number of carbonyl (C=O) groups excluding carboxylic acids is 1. The lowest BCUT2D eigenvalue weighted by atomic mass is 9.91. The maximum atomic E-state index is 12.8. The SMILES string of the molecule is O=C(c1cccnc1Cl)N1CCC(O)(Cn2ccc3nc(-c4ccncc4)ccc32)CC1. The molecule has 4 aromatic heterocycles. The molecule has 1 aliphatic heterocycles. The van der Waals surface area contributed by atoms with Crippen LogP contribution in [0.15, 0.2) is 67.3 Å². The van der Waals surface area contributed by atoms with Gasteiger partial charge in [-0.2, -0.15) is 0 Å². The fraction of sp³-hybridized carbons (Fsp3) is 0.250. The Morgan fingerprint density at radius 1 is 1.06 bits per heavy atom. The highest BCUT2D eigenvalue weighted by molar-refractivity contribution is 6.32. The molecular formula is C24H22ClN5O2. The monoisotopic (exact) mass is 447 g/mol. The first-order valence-electron chi connectivity index (χ1n) is 10.5. The average Bonchev–Trinajstić information content (AvgIpc) is 3.21. The van der Waals surface area contributed by atoms with Crippen molar-refractivity contribution in [1.82, 2.24) is 24.4 Å². The van der Waals surface area contributed by atoms with Crippen LogP contribution in [0.3, 0.4) is 0 Å². The normalized spacial score (nSPS) is 15.8. The second-order valence-electron chi connectivity index (χ2n) is 8.14. The van der Waals surface area contributed by atoms with Crippen LogP contribution < -0.4 is 0 Å². The highest BCUT2D eigenvalue weighted by Crippen LogP contribution is 2.28. The van der Waals surface area contributed by atoms with Gasteiger partial charge in [-0.3, -0.25) is 9.78 Å². The Hall–Kier alpha value is -3.29. The summed E-state index contributed by atoms with van der Waals surface area (Å²) in [6.45, 7) is 1.37. The summed E-state index contributed by atoms with van der Waals surface area (Å²) in [5, 5.41) is 11.4. The zero-order chi connectivity index (χ0) is 22.1. The number of amides is 1. The van der Waals surface area contributed by atoms with Gasteiger partial charge < -0.3 is 14.6 Å². The van der Waals surface area contributed by atoms with Crippen LogP contribution in [0.25, 0.3) is 22.3 Å². The molecule has 162 valence electrons. The molecule has 1 aliphatic rings. The third-order valence-corrected chi connectivity index (χ3v) is 6.34. The average molecular weight is 448 g/mol. The van der Waals surface area contributed by atoms with Crippen molar-refractivity contribution in [2.24, 2.45) is 0 Å². The van der Waals surface area contributed by atoms with Gasteiger partial charge in [-0.15, -0.1) is 0 Å². The number of nitrogens with zero attached hydrogens (tertiary/aromatic N) is 5. The van der Waals surface area contributed by atoms with Crippen LogP contribution in [0.5, 0.6) is 0 Å². The zero-order valence-corrected chi connectivity index (χ0v) is 18.1. The molecule has 4 aromatic rings. The third-order valence-electron chi connectivity index (χ3n) is 6.04. The first-order valence-corrected chi connectivity index (χ1v) is 10.9. The highest BCUT2D eigenvalue weighted by atomic mass is 35.5. The highest BCUT2D eigenvalue weighted by Gasteiger charge is 2.35. The number of piperidine rings is 1. The lowest BCUT2D eigenvalue weighted by Gasteiger charge is -2.38. The molecule has 0 spiro atoms. The molecule has 0 saturated carbocycles. The van der Waals surface area contributed by atoms with Crippen LogP contribution in [0.2, 0.25) is 5.15 Å². The van der Waals surface area contributed by atoms with Crippen LogP contribution >= 0.6 is 11.6 Å². The smallest absolute Gasteiger partial charge is 0.256 e. The maximum absolute atomic E-state index is 12.8. The van der Waals surface area contributed by atoms with E-state index in [0.29, 0.717) is 38.0 Å². The number of likely N-dealkylation sites (tertiary alicyclic amines) is 1. The second kappa shape index (κ2) is 8.33. The van der Waals surface area contributed by atoms with Gasteiger partial charge in [0.05, 0.1) is 34.4 Å². The number of carbonyl (C=O) groups is 1. The van der Waals surface area contributed by atoms with Crippen LogP contribution in [0.4, 0.5) is 0 Å². The number of hydrogen-bond donors (Lipinski definition) is 1. The predicted molar refractivity (Wildman–Crippen MR) is 122 cm³/mol. The van der Waals surface area contributed by atoms with Gasteiger partial charge in [0.2, 0.25) is 0 Å². The summed E-state index contributed by atoms with van der Waals surface area (Å²) in [5.74, 6) is -0.149. The van der Waals surface area contributed by atoms with Crippen molar-refractivity contribution in [2.45, 2.75) is 25.0 Å². The Kier molecular flexibility index (Phi) is 5.36. The number of hydrogen-bond acceptors (Lipinski definition) is 5. The van der Waals surface area contributed by atoms with Gasteiger partial charge in [0.15, 0.2) is 0 Å². The van der Waals surface area contributed by atoms with E-state index >= 15 is 0 Å². The van der Waals surface area contributed by atoms with E-state index in [9.17, 15) is 9.90 Å². The summed E-state index contributed by atoms with van der Waals surface area (Å²) < 4.78 is 2.04. The molecule has 0 aromatic carbocycles. The van der Waals surface area contributed by atoms with Gasteiger partial charge in [-0.05, 0) is 55.3 Å². The summed E-state index contributed by atoms with van der Waals surface area (Å²) in [4.78, 5) is 27.3. The molecule has 5 heterocycles. The van der Waals surface area contributed by atoms with Crippen molar-refractivity contribution in [2.75, 3.05) is 13.1 Å².